The zero-order valence-electron chi connectivity index (χ0n) is 13.6. The lowest BCUT2D eigenvalue weighted by Gasteiger charge is -2.09. The minimum absolute atomic E-state index is 0.100. The van der Waals surface area contributed by atoms with Crippen LogP contribution >= 0.6 is 0 Å². The van der Waals surface area contributed by atoms with Gasteiger partial charge in [0.1, 0.15) is 5.52 Å². The smallest absolute Gasteiger partial charge is 0.282 e. The van der Waals surface area contributed by atoms with Crippen molar-refractivity contribution in [1.82, 2.24) is 29.4 Å². The standard InChI is InChI=1S/C16H11F3N6O/c1-8-3-4-10(7-9(8)2)24-6-5-11-12(13(24)26)21-22-15-20-14(16(17,18)19)23-25(11)15/h3-7H,1-2H3. The average Bonchev–Trinajstić information content (AvgIpc) is 3.03. The number of hydrogen-bond donors (Lipinski definition) is 0. The Bertz CT molecular complexity index is 1220. The van der Waals surface area contributed by atoms with Gasteiger partial charge in [0.25, 0.3) is 17.2 Å². The molecule has 0 saturated carbocycles. The van der Waals surface area contributed by atoms with E-state index in [0.717, 1.165) is 15.6 Å². The van der Waals surface area contributed by atoms with E-state index >= 15 is 0 Å². The monoisotopic (exact) mass is 360 g/mol. The van der Waals surface area contributed by atoms with E-state index in [1.54, 1.807) is 6.07 Å². The van der Waals surface area contributed by atoms with Gasteiger partial charge in [-0.3, -0.25) is 9.36 Å². The number of pyridine rings is 1. The summed E-state index contributed by atoms with van der Waals surface area (Å²) in [5.74, 6) is -1.66. The predicted octanol–water partition coefficient (Wildman–Crippen LogP) is 2.46. The Balaban J connectivity index is 1.97. The second-order valence-electron chi connectivity index (χ2n) is 5.84. The van der Waals surface area contributed by atoms with Crippen molar-refractivity contribution in [2.24, 2.45) is 0 Å². The van der Waals surface area contributed by atoms with Crippen molar-refractivity contribution in [1.29, 1.82) is 0 Å². The van der Waals surface area contributed by atoms with Crippen LogP contribution in [0.4, 0.5) is 13.2 Å². The lowest BCUT2D eigenvalue weighted by atomic mass is 10.1. The normalized spacial score (nSPS) is 12.2. The minimum Gasteiger partial charge on any atom is -0.282 e. The molecule has 26 heavy (non-hydrogen) atoms. The Hall–Kier alpha value is -3.30. The van der Waals surface area contributed by atoms with E-state index in [-0.39, 0.29) is 16.8 Å². The molecule has 3 heterocycles. The molecule has 0 aliphatic carbocycles. The highest BCUT2D eigenvalue weighted by molar-refractivity contribution is 5.74. The van der Waals surface area contributed by atoms with Crippen molar-refractivity contribution in [3.63, 3.8) is 0 Å². The number of rotatable bonds is 1. The third-order valence-corrected chi connectivity index (χ3v) is 4.13. The van der Waals surface area contributed by atoms with Crippen molar-refractivity contribution < 1.29 is 13.2 Å². The topological polar surface area (TPSA) is 78.0 Å². The lowest BCUT2D eigenvalue weighted by molar-refractivity contribution is -0.144. The summed E-state index contributed by atoms with van der Waals surface area (Å²) in [6.45, 7) is 3.87. The lowest BCUT2D eigenvalue weighted by Crippen LogP contribution is -2.20. The van der Waals surface area contributed by atoms with E-state index in [1.165, 1.54) is 16.8 Å². The number of aromatic nitrogens is 6. The van der Waals surface area contributed by atoms with Crippen LogP contribution in [0.2, 0.25) is 0 Å². The van der Waals surface area contributed by atoms with Crippen LogP contribution in [0.5, 0.6) is 0 Å². The van der Waals surface area contributed by atoms with Gasteiger partial charge in [-0.2, -0.15) is 22.7 Å². The number of benzene rings is 1. The van der Waals surface area contributed by atoms with E-state index in [0.29, 0.717) is 5.69 Å². The molecule has 7 nitrogen and oxygen atoms in total. The van der Waals surface area contributed by atoms with Gasteiger partial charge in [0.05, 0.1) is 0 Å². The molecule has 0 amide bonds. The summed E-state index contributed by atoms with van der Waals surface area (Å²) < 4.78 is 40.7. The van der Waals surface area contributed by atoms with Gasteiger partial charge in [-0.1, -0.05) is 6.07 Å². The van der Waals surface area contributed by atoms with Crippen LogP contribution in [-0.2, 0) is 6.18 Å². The van der Waals surface area contributed by atoms with Gasteiger partial charge in [-0.05, 0) is 43.2 Å². The summed E-state index contributed by atoms with van der Waals surface area (Å²) in [4.78, 5) is 16.1. The fourth-order valence-corrected chi connectivity index (χ4v) is 2.60. The molecular weight excluding hydrogens is 349 g/mol. The van der Waals surface area contributed by atoms with E-state index in [2.05, 4.69) is 20.3 Å². The van der Waals surface area contributed by atoms with E-state index in [9.17, 15) is 18.0 Å². The fourth-order valence-electron chi connectivity index (χ4n) is 2.60. The third-order valence-electron chi connectivity index (χ3n) is 4.13. The number of aryl methyl sites for hydroxylation is 2. The Morgan fingerprint density at radius 2 is 1.81 bits per heavy atom. The quantitative estimate of drug-likeness (QED) is 0.521. The molecule has 0 atom stereocenters. The largest absolute Gasteiger partial charge is 0.453 e. The molecule has 4 rings (SSSR count). The zero-order chi connectivity index (χ0) is 18.6. The summed E-state index contributed by atoms with van der Waals surface area (Å²) in [5.41, 5.74) is 2.19. The molecule has 4 aromatic rings. The van der Waals surface area contributed by atoms with Gasteiger partial charge in [0.2, 0.25) is 0 Å². The summed E-state index contributed by atoms with van der Waals surface area (Å²) in [7, 11) is 0. The summed E-state index contributed by atoms with van der Waals surface area (Å²) in [5, 5.41) is 10.8. The van der Waals surface area contributed by atoms with Gasteiger partial charge in [-0.15, -0.1) is 15.3 Å². The molecule has 0 unspecified atom stereocenters. The third kappa shape index (κ3) is 2.41. The van der Waals surface area contributed by atoms with Crippen molar-refractivity contribution in [2.45, 2.75) is 20.0 Å². The second kappa shape index (κ2) is 5.35. The average molecular weight is 360 g/mol. The minimum atomic E-state index is -4.71. The number of hydrogen-bond acceptors (Lipinski definition) is 5. The summed E-state index contributed by atoms with van der Waals surface area (Å²) >= 11 is 0. The first kappa shape index (κ1) is 16.2. The second-order valence-corrected chi connectivity index (χ2v) is 5.84. The van der Waals surface area contributed by atoms with Crippen molar-refractivity contribution in [3.8, 4) is 5.69 Å². The molecule has 0 radical (unpaired) electrons. The van der Waals surface area contributed by atoms with Gasteiger partial charge >= 0.3 is 6.18 Å². The van der Waals surface area contributed by atoms with E-state index < -0.39 is 17.6 Å². The maximum absolute atomic E-state index is 12.8. The molecule has 10 heteroatoms. The Kier molecular flexibility index (Phi) is 3.33. The fraction of sp³-hybridized carbons (Fsp3) is 0.188. The van der Waals surface area contributed by atoms with E-state index in [4.69, 9.17) is 0 Å². The van der Waals surface area contributed by atoms with Crippen molar-refractivity contribution in [2.75, 3.05) is 0 Å². The molecule has 0 aliphatic heterocycles. The summed E-state index contributed by atoms with van der Waals surface area (Å²) in [6, 6.07) is 6.95. The molecule has 0 fully saturated rings. The highest BCUT2D eigenvalue weighted by Crippen LogP contribution is 2.26. The van der Waals surface area contributed by atoms with Crippen LogP contribution < -0.4 is 5.56 Å². The maximum Gasteiger partial charge on any atom is 0.453 e. The van der Waals surface area contributed by atoms with Crippen LogP contribution in [0.25, 0.3) is 22.5 Å². The first-order chi connectivity index (χ1) is 12.3. The predicted molar refractivity (Wildman–Crippen MR) is 86.2 cm³/mol. The number of nitrogens with zero attached hydrogens (tertiary/aromatic N) is 6. The van der Waals surface area contributed by atoms with Gasteiger partial charge in [0.15, 0.2) is 5.52 Å². The highest BCUT2D eigenvalue weighted by Gasteiger charge is 2.36. The molecule has 0 aliphatic rings. The molecule has 3 aromatic heterocycles. The molecule has 0 N–H and O–H groups in total. The number of fused-ring (bicyclic) bond motifs is 3. The van der Waals surface area contributed by atoms with Crippen molar-refractivity contribution >= 4 is 16.8 Å². The van der Waals surface area contributed by atoms with E-state index in [1.807, 2.05) is 26.0 Å². The Morgan fingerprint density at radius 1 is 1.04 bits per heavy atom. The highest BCUT2D eigenvalue weighted by atomic mass is 19.4. The zero-order valence-corrected chi connectivity index (χ0v) is 13.6. The Labute approximate surface area is 143 Å². The molecule has 0 bridgehead atoms. The van der Waals surface area contributed by atoms with Gasteiger partial charge < -0.3 is 0 Å². The molecule has 132 valence electrons. The van der Waals surface area contributed by atoms with Gasteiger partial charge in [-0.25, -0.2) is 0 Å². The van der Waals surface area contributed by atoms with Crippen molar-refractivity contribution in [3.05, 3.63) is 57.8 Å². The summed E-state index contributed by atoms with van der Waals surface area (Å²) in [6.07, 6.45) is -3.25. The van der Waals surface area contributed by atoms with Crippen LogP contribution in [0.3, 0.4) is 0 Å². The van der Waals surface area contributed by atoms with Crippen LogP contribution in [0, 0.1) is 13.8 Å². The molecule has 0 spiro atoms. The molecule has 0 saturated heterocycles. The number of alkyl halides is 3. The SMILES string of the molecule is Cc1ccc(-n2ccc3c(nnc4nc(C(F)(F)F)nn43)c2=O)cc1C. The van der Waals surface area contributed by atoms with Gasteiger partial charge in [0, 0.05) is 11.9 Å². The number of halogens is 3. The van der Waals surface area contributed by atoms with Crippen LogP contribution in [0.1, 0.15) is 17.0 Å². The van der Waals surface area contributed by atoms with Crippen LogP contribution in [-0.4, -0.2) is 29.4 Å². The first-order valence-corrected chi connectivity index (χ1v) is 7.55. The molecular formula is C16H11F3N6O. The first-order valence-electron chi connectivity index (χ1n) is 7.55. The van der Waals surface area contributed by atoms with Crippen LogP contribution in [0.15, 0.2) is 35.3 Å². The maximum atomic E-state index is 12.8. The Morgan fingerprint density at radius 3 is 2.50 bits per heavy atom. The molecule has 1 aromatic carbocycles.